The van der Waals surface area contributed by atoms with Crippen molar-refractivity contribution >= 4 is 11.5 Å². The minimum atomic E-state index is -0.203. The average Bonchev–Trinajstić information content (AvgIpc) is 3.00. The summed E-state index contributed by atoms with van der Waals surface area (Å²) >= 11 is 0. The molecule has 0 bridgehead atoms. The van der Waals surface area contributed by atoms with Gasteiger partial charge in [0.25, 0.3) is 5.95 Å². The molecule has 0 unspecified atom stereocenters. The molecule has 6 nitrogen and oxygen atoms in total. The van der Waals surface area contributed by atoms with Crippen LogP contribution in [-0.2, 0) is 0 Å². The van der Waals surface area contributed by atoms with E-state index in [0.717, 1.165) is 54.8 Å². The number of piperazine rings is 1. The predicted octanol–water partition coefficient (Wildman–Crippen LogP) is 3.05. The Morgan fingerprint density at radius 1 is 0.815 bits per heavy atom. The predicted molar refractivity (Wildman–Crippen MR) is 104 cm³/mol. The molecule has 2 aromatic heterocycles. The first kappa shape index (κ1) is 17.5. The van der Waals surface area contributed by atoms with Crippen molar-refractivity contribution in [1.29, 1.82) is 0 Å². The number of halogens is 1. The van der Waals surface area contributed by atoms with Gasteiger partial charge in [-0.15, -0.1) is 0 Å². The number of aromatic nitrogens is 4. The lowest BCUT2D eigenvalue weighted by Crippen LogP contribution is -2.47. The fraction of sp³-hybridized carbons (Fsp3) is 0.350. The van der Waals surface area contributed by atoms with Crippen LogP contribution in [0, 0.1) is 26.6 Å². The van der Waals surface area contributed by atoms with Crippen LogP contribution >= 0.6 is 0 Å². The summed E-state index contributed by atoms with van der Waals surface area (Å²) in [7, 11) is 0. The molecule has 0 N–H and O–H groups in total. The molecule has 140 valence electrons. The molecule has 3 aromatic rings. The molecule has 0 amide bonds. The third kappa shape index (κ3) is 3.63. The van der Waals surface area contributed by atoms with Gasteiger partial charge in [-0.3, -0.25) is 0 Å². The van der Waals surface area contributed by atoms with Gasteiger partial charge in [-0.05, 0) is 51.1 Å². The van der Waals surface area contributed by atoms with Gasteiger partial charge in [0.15, 0.2) is 0 Å². The van der Waals surface area contributed by atoms with E-state index in [1.165, 1.54) is 12.1 Å². The van der Waals surface area contributed by atoms with Crippen molar-refractivity contribution < 1.29 is 4.39 Å². The normalized spacial score (nSPS) is 14.7. The van der Waals surface area contributed by atoms with E-state index in [9.17, 15) is 4.39 Å². The summed E-state index contributed by atoms with van der Waals surface area (Å²) in [5.74, 6) is 1.32. The van der Waals surface area contributed by atoms with Gasteiger partial charge >= 0.3 is 0 Å². The van der Waals surface area contributed by atoms with Crippen LogP contribution in [0.25, 0.3) is 5.95 Å². The van der Waals surface area contributed by atoms with Crippen LogP contribution in [0.1, 0.15) is 17.1 Å². The van der Waals surface area contributed by atoms with Crippen LogP contribution in [0.2, 0.25) is 0 Å². The van der Waals surface area contributed by atoms with Gasteiger partial charge in [0.2, 0.25) is 0 Å². The van der Waals surface area contributed by atoms with Crippen molar-refractivity contribution in [2.45, 2.75) is 20.8 Å². The highest BCUT2D eigenvalue weighted by molar-refractivity contribution is 5.50. The Morgan fingerprint density at radius 2 is 1.48 bits per heavy atom. The average molecular weight is 366 g/mol. The Morgan fingerprint density at radius 3 is 2.11 bits per heavy atom. The Labute approximate surface area is 158 Å². The van der Waals surface area contributed by atoms with Crippen molar-refractivity contribution in [2.24, 2.45) is 0 Å². The quantitative estimate of drug-likeness (QED) is 0.713. The second kappa shape index (κ2) is 6.98. The third-order valence-corrected chi connectivity index (χ3v) is 4.82. The Hall–Kier alpha value is -2.96. The van der Waals surface area contributed by atoms with E-state index in [1.807, 2.05) is 45.0 Å². The number of rotatable bonds is 3. The Kier molecular flexibility index (Phi) is 4.51. The van der Waals surface area contributed by atoms with Gasteiger partial charge in [-0.25, -0.2) is 14.1 Å². The standard InChI is InChI=1S/C20H23FN6/c1-14-13-19(23-20(22-14)27-16(3)12-15(2)24-27)26-10-8-25(9-11-26)18-6-4-17(21)5-7-18/h4-7,12-13H,8-11H2,1-3H3. The molecule has 0 aliphatic carbocycles. The van der Waals surface area contributed by atoms with Gasteiger partial charge in [-0.2, -0.15) is 10.1 Å². The largest absolute Gasteiger partial charge is 0.368 e. The molecule has 1 fully saturated rings. The molecule has 1 aliphatic rings. The lowest BCUT2D eigenvalue weighted by molar-refractivity contribution is 0.623. The van der Waals surface area contributed by atoms with Crippen LogP contribution in [0.4, 0.5) is 15.9 Å². The topological polar surface area (TPSA) is 50.1 Å². The minimum Gasteiger partial charge on any atom is -0.368 e. The third-order valence-electron chi connectivity index (χ3n) is 4.82. The monoisotopic (exact) mass is 366 g/mol. The molecule has 3 heterocycles. The first-order valence-electron chi connectivity index (χ1n) is 9.14. The number of benzene rings is 1. The van der Waals surface area contributed by atoms with Crippen LogP contribution in [0.5, 0.6) is 0 Å². The lowest BCUT2D eigenvalue weighted by atomic mass is 10.2. The molecule has 7 heteroatoms. The highest BCUT2D eigenvalue weighted by atomic mass is 19.1. The molecule has 1 aromatic carbocycles. The second-order valence-corrected chi connectivity index (χ2v) is 6.96. The highest BCUT2D eigenvalue weighted by Gasteiger charge is 2.20. The fourth-order valence-corrected chi connectivity index (χ4v) is 3.47. The maximum Gasteiger partial charge on any atom is 0.252 e. The van der Waals surface area contributed by atoms with E-state index in [1.54, 1.807) is 4.68 Å². The van der Waals surface area contributed by atoms with Crippen molar-refractivity contribution in [3.8, 4) is 5.95 Å². The molecule has 4 rings (SSSR count). The number of anilines is 2. The van der Waals surface area contributed by atoms with Crippen molar-refractivity contribution in [2.75, 3.05) is 36.0 Å². The summed E-state index contributed by atoms with van der Waals surface area (Å²) in [6, 6.07) is 10.7. The number of hydrogen-bond acceptors (Lipinski definition) is 5. The number of aryl methyl sites for hydroxylation is 3. The lowest BCUT2D eigenvalue weighted by Gasteiger charge is -2.36. The summed E-state index contributed by atoms with van der Waals surface area (Å²) < 4.78 is 14.9. The van der Waals surface area contributed by atoms with Gasteiger partial charge in [0.05, 0.1) is 5.69 Å². The minimum absolute atomic E-state index is 0.203. The second-order valence-electron chi connectivity index (χ2n) is 6.96. The molecule has 0 radical (unpaired) electrons. The van der Waals surface area contributed by atoms with Crippen LogP contribution in [0.3, 0.4) is 0 Å². The summed E-state index contributed by atoms with van der Waals surface area (Å²) in [6.45, 7) is 9.39. The molecule has 0 saturated carbocycles. The SMILES string of the molecule is Cc1cc(N2CCN(c3ccc(F)cc3)CC2)nc(-n2nc(C)cc2C)n1. The number of nitrogens with zero attached hydrogens (tertiary/aromatic N) is 6. The van der Waals surface area contributed by atoms with Crippen LogP contribution in [-0.4, -0.2) is 45.9 Å². The molecule has 1 aliphatic heterocycles. The smallest absolute Gasteiger partial charge is 0.252 e. The summed E-state index contributed by atoms with van der Waals surface area (Å²) in [5.41, 5.74) is 3.94. The van der Waals surface area contributed by atoms with Gasteiger partial charge < -0.3 is 9.80 Å². The van der Waals surface area contributed by atoms with E-state index >= 15 is 0 Å². The molecular weight excluding hydrogens is 343 g/mol. The van der Waals surface area contributed by atoms with Gasteiger partial charge in [0.1, 0.15) is 11.6 Å². The van der Waals surface area contributed by atoms with E-state index in [-0.39, 0.29) is 5.82 Å². The maximum absolute atomic E-state index is 13.1. The Bertz CT molecular complexity index is 942. The van der Waals surface area contributed by atoms with Gasteiger partial charge in [-0.1, -0.05) is 0 Å². The van der Waals surface area contributed by atoms with Crippen molar-refractivity contribution in [3.63, 3.8) is 0 Å². The van der Waals surface area contributed by atoms with E-state index in [2.05, 4.69) is 19.9 Å². The molecule has 27 heavy (non-hydrogen) atoms. The van der Waals surface area contributed by atoms with E-state index in [0.29, 0.717) is 5.95 Å². The molecule has 0 atom stereocenters. The first-order valence-corrected chi connectivity index (χ1v) is 9.14. The first-order chi connectivity index (χ1) is 13.0. The zero-order valence-electron chi connectivity index (χ0n) is 15.9. The van der Waals surface area contributed by atoms with Crippen molar-refractivity contribution in [1.82, 2.24) is 19.7 Å². The Balaban J connectivity index is 1.53. The summed E-state index contributed by atoms with van der Waals surface area (Å²) in [4.78, 5) is 13.9. The van der Waals surface area contributed by atoms with E-state index < -0.39 is 0 Å². The van der Waals surface area contributed by atoms with Crippen LogP contribution in [0.15, 0.2) is 36.4 Å². The number of hydrogen-bond donors (Lipinski definition) is 0. The van der Waals surface area contributed by atoms with Crippen LogP contribution < -0.4 is 9.80 Å². The van der Waals surface area contributed by atoms with Gasteiger partial charge in [0, 0.05) is 49.3 Å². The summed E-state index contributed by atoms with van der Waals surface area (Å²) in [6.07, 6.45) is 0. The fourth-order valence-electron chi connectivity index (χ4n) is 3.47. The zero-order chi connectivity index (χ0) is 19.0. The highest BCUT2D eigenvalue weighted by Crippen LogP contribution is 2.21. The van der Waals surface area contributed by atoms with Crippen molar-refractivity contribution in [3.05, 3.63) is 59.3 Å². The molecular formula is C20H23FN6. The summed E-state index contributed by atoms with van der Waals surface area (Å²) in [5, 5.41) is 4.50. The zero-order valence-corrected chi connectivity index (χ0v) is 15.9. The molecule has 1 saturated heterocycles. The maximum atomic E-state index is 13.1. The molecule has 0 spiro atoms. The van der Waals surface area contributed by atoms with E-state index in [4.69, 9.17) is 4.98 Å².